The van der Waals surface area contributed by atoms with E-state index in [9.17, 15) is 0 Å². The van der Waals surface area contributed by atoms with E-state index in [0.29, 0.717) is 15.8 Å². The van der Waals surface area contributed by atoms with E-state index in [0.717, 1.165) is 16.3 Å². The summed E-state index contributed by atoms with van der Waals surface area (Å²) in [7, 11) is 0. The Morgan fingerprint density at radius 3 is 2.62 bits per heavy atom. The van der Waals surface area contributed by atoms with Crippen molar-refractivity contribution in [3.05, 3.63) is 38.8 Å². The molecule has 2 aromatic rings. The second kappa shape index (κ2) is 4.96. The summed E-state index contributed by atoms with van der Waals surface area (Å²) in [6.45, 7) is 1.99. The molecule has 0 saturated carbocycles. The van der Waals surface area contributed by atoms with Gasteiger partial charge in [0.1, 0.15) is 5.01 Å². The number of hydrogen-bond donors (Lipinski definition) is 1. The van der Waals surface area contributed by atoms with Crippen molar-refractivity contribution in [1.82, 2.24) is 4.98 Å². The largest absolute Gasteiger partial charge is 0.241 e. The molecule has 2 rings (SSSR count). The number of thiazole rings is 1. The Labute approximate surface area is 114 Å². The summed E-state index contributed by atoms with van der Waals surface area (Å²) < 4.78 is 0. The zero-order valence-corrected chi connectivity index (χ0v) is 11.7. The maximum absolute atomic E-state index is 5.97. The van der Waals surface area contributed by atoms with E-state index < -0.39 is 0 Å². The molecule has 0 N–H and O–H groups in total. The summed E-state index contributed by atoms with van der Waals surface area (Å²) in [6.07, 6.45) is 0. The summed E-state index contributed by atoms with van der Waals surface area (Å²) in [6, 6.07) is 5.55. The number of hydrogen-bond acceptors (Lipinski definition) is 3. The number of halogens is 2. The average molecular weight is 290 g/mol. The minimum Gasteiger partial charge on any atom is -0.241 e. The fraction of sp³-hybridized carbons (Fsp3) is 0.182. The topological polar surface area (TPSA) is 12.9 Å². The molecule has 0 fully saturated rings. The summed E-state index contributed by atoms with van der Waals surface area (Å²) in [5, 5.41) is 2.08. The first-order valence-corrected chi connectivity index (χ1v) is 6.85. The lowest BCUT2D eigenvalue weighted by molar-refractivity contribution is 1.22. The van der Waals surface area contributed by atoms with E-state index in [-0.39, 0.29) is 0 Å². The van der Waals surface area contributed by atoms with Crippen molar-refractivity contribution in [2.24, 2.45) is 0 Å². The van der Waals surface area contributed by atoms with Gasteiger partial charge in [-0.3, -0.25) is 0 Å². The van der Waals surface area contributed by atoms with Gasteiger partial charge in [0.25, 0.3) is 0 Å². The standard InChI is InChI=1S/C11H9Cl2NS2/c1-6-10(5-15)16-11(14-6)7-2-3-8(12)9(13)4-7/h2-4,15H,5H2,1H3. The van der Waals surface area contributed by atoms with Gasteiger partial charge in [0, 0.05) is 16.2 Å². The highest BCUT2D eigenvalue weighted by Crippen LogP contribution is 2.32. The van der Waals surface area contributed by atoms with Gasteiger partial charge in [-0.15, -0.1) is 11.3 Å². The molecular formula is C11H9Cl2NS2. The Kier molecular flexibility index (Phi) is 3.80. The highest BCUT2D eigenvalue weighted by atomic mass is 35.5. The molecule has 0 radical (unpaired) electrons. The SMILES string of the molecule is Cc1nc(-c2ccc(Cl)c(Cl)c2)sc1CS. The van der Waals surface area contributed by atoms with Gasteiger partial charge >= 0.3 is 0 Å². The van der Waals surface area contributed by atoms with Crippen LogP contribution in [0.3, 0.4) is 0 Å². The normalized spacial score (nSPS) is 10.8. The molecule has 0 aliphatic carbocycles. The third-order valence-corrected chi connectivity index (χ3v) is 4.68. The molecule has 1 nitrogen and oxygen atoms in total. The first-order chi connectivity index (χ1) is 7.61. The van der Waals surface area contributed by atoms with Crippen molar-refractivity contribution in [3.63, 3.8) is 0 Å². The monoisotopic (exact) mass is 289 g/mol. The molecule has 0 atom stereocenters. The van der Waals surface area contributed by atoms with Gasteiger partial charge < -0.3 is 0 Å². The van der Waals surface area contributed by atoms with Crippen LogP contribution in [-0.2, 0) is 5.75 Å². The lowest BCUT2D eigenvalue weighted by atomic mass is 10.2. The molecule has 16 heavy (non-hydrogen) atoms. The Morgan fingerprint density at radius 1 is 1.31 bits per heavy atom. The second-order valence-electron chi connectivity index (χ2n) is 3.31. The molecule has 1 aromatic carbocycles. The van der Waals surface area contributed by atoms with Crippen molar-refractivity contribution in [3.8, 4) is 10.6 Å². The van der Waals surface area contributed by atoms with E-state index in [2.05, 4.69) is 17.6 Å². The molecule has 0 saturated heterocycles. The molecule has 5 heteroatoms. The van der Waals surface area contributed by atoms with Gasteiger partial charge in [-0.25, -0.2) is 4.98 Å². The van der Waals surface area contributed by atoms with Crippen LogP contribution in [0.4, 0.5) is 0 Å². The summed E-state index contributed by atoms with van der Waals surface area (Å²) in [4.78, 5) is 5.68. The maximum atomic E-state index is 5.97. The number of thiol groups is 1. The molecule has 0 spiro atoms. The molecular weight excluding hydrogens is 281 g/mol. The Hall–Kier alpha value is -0.220. The van der Waals surface area contributed by atoms with Crippen LogP contribution in [0.1, 0.15) is 10.6 Å². The van der Waals surface area contributed by atoms with Gasteiger partial charge in [-0.05, 0) is 19.1 Å². The number of rotatable bonds is 2. The molecule has 1 heterocycles. The summed E-state index contributed by atoms with van der Waals surface area (Å²) in [5.74, 6) is 0.713. The van der Waals surface area contributed by atoms with Crippen LogP contribution in [0.2, 0.25) is 10.0 Å². The highest BCUT2D eigenvalue weighted by molar-refractivity contribution is 7.79. The highest BCUT2D eigenvalue weighted by Gasteiger charge is 2.09. The predicted octanol–water partition coefficient (Wildman–Crippen LogP) is 4.86. The molecule has 0 aliphatic rings. The van der Waals surface area contributed by atoms with Gasteiger partial charge in [-0.2, -0.15) is 12.6 Å². The van der Waals surface area contributed by atoms with E-state index in [1.165, 1.54) is 4.88 Å². The van der Waals surface area contributed by atoms with Crippen LogP contribution < -0.4 is 0 Å². The quantitative estimate of drug-likeness (QED) is 0.780. The smallest absolute Gasteiger partial charge is 0.123 e. The summed E-state index contributed by atoms with van der Waals surface area (Å²) >= 11 is 17.7. The summed E-state index contributed by atoms with van der Waals surface area (Å²) in [5.41, 5.74) is 2.02. The fourth-order valence-electron chi connectivity index (χ4n) is 1.33. The zero-order chi connectivity index (χ0) is 11.7. The molecule has 84 valence electrons. The van der Waals surface area contributed by atoms with E-state index >= 15 is 0 Å². The third kappa shape index (κ3) is 2.38. The maximum Gasteiger partial charge on any atom is 0.123 e. The zero-order valence-electron chi connectivity index (χ0n) is 8.50. The molecule has 0 aliphatic heterocycles. The van der Waals surface area contributed by atoms with Crippen molar-refractivity contribution in [2.75, 3.05) is 0 Å². The van der Waals surface area contributed by atoms with Crippen LogP contribution in [-0.4, -0.2) is 4.98 Å². The van der Waals surface area contributed by atoms with Crippen LogP contribution in [0.5, 0.6) is 0 Å². The average Bonchev–Trinajstić information content (AvgIpc) is 2.64. The Bertz CT molecular complexity index is 523. The number of aromatic nitrogens is 1. The van der Waals surface area contributed by atoms with Gasteiger partial charge in [0.15, 0.2) is 0 Å². The number of nitrogens with zero attached hydrogens (tertiary/aromatic N) is 1. The number of aryl methyl sites for hydroxylation is 1. The fourth-order valence-corrected chi connectivity index (χ4v) is 2.97. The lowest BCUT2D eigenvalue weighted by Gasteiger charge is -1.98. The lowest BCUT2D eigenvalue weighted by Crippen LogP contribution is -1.79. The van der Waals surface area contributed by atoms with E-state index in [4.69, 9.17) is 23.2 Å². The van der Waals surface area contributed by atoms with Crippen molar-refractivity contribution >= 4 is 47.2 Å². The molecule has 0 amide bonds. The van der Waals surface area contributed by atoms with Crippen molar-refractivity contribution in [1.29, 1.82) is 0 Å². The van der Waals surface area contributed by atoms with Crippen LogP contribution in [0.15, 0.2) is 18.2 Å². The van der Waals surface area contributed by atoms with E-state index in [1.54, 1.807) is 17.4 Å². The third-order valence-electron chi connectivity index (χ3n) is 2.20. The Morgan fingerprint density at radius 2 is 2.06 bits per heavy atom. The first-order valence-electron chi connectivity index (χ1n) is 4.64. The van der Waals surface area contributed by atoms with E-state index in [1.807, 2.05) is 19.1 Å². The molecule has 1 aromatic heterocycles. The van der Waals surface area contributed by atoms with Crippen LogP contribution in [0.25, 0.3) is 10.6 Å². The predicted molar refractivity (Wildman–Crippen MR) is 75.0 cm³/mol. The number of benzene rings is 1. The van der Waals surface area contributed by atoms with Crippen molar-refractivity contribution in [2.45, 2.75) is 12.7 Å². The van der Waals surface area contributed by atoms with Crippen LogP contribution >= 0.6 is 47.2 Å². The minimum atomic E-state index is 0.555. The Balaban J connectivity index is 2.46. The second-order valence-corrected chi connectivity index (χ2v) is 5.53. The van der Waals surface area contributed by atoms with Crippen LogP contribution in [0, 0.1) is 6.92 Å². The minimum absolute atomic E-state index is 0.555. The van der Waals surface area contributed by atoms with Gasteiger partial charge in [0.2, 0.25) is 0 Å². The molecule has 0 bridgehead atoms. The molecule has 0 unspecified atom stereocenters. The van der Waals surface area contributed by atoms with Gasteiger partial charge in [0.05, 0.1) is 15.7 Å². The van der Waals surface area contributed by atoms with Gasteiger partial charge in [-0.1, -0.05) is 29.3 Å². The first kappa shape index (κ1) is 12.2. The van der Waals surface area contributed by atoms with Crippen molar-refractivity contribution < 1.29 is 0 Å².